The molecule has 108 valence electrons. The molecule has 0 aliphatic rings. The number of aldehydes is 1. The van der Waals surface area contributed by atoms with Crippen molar-refractivity contribution in [2.75, 3.05) is 0 Å². The van der Waals surface area contributed by atoms with Crippen molar-refractivity contribution in [2.45, 2.75) is 26.7 Å². The van der Waals surface area contributed by atoms with Crippen molar-refractivity contribution in [1.82, 2.24) is 4.98 Å². The maximum Gasteiger partial charge on any atom is 0.142 e. The first-order valence-corrected chi connectivity index (χ1v) is 6.92. The zero-order valence-electron chi connectivity index (χ0n) is 12.4. The molecule has 0 aliphatic heterocycles. The first-order chi connectivity index (χ1) is 10.0. The number of nitrogens with zero attached hydrogens (tertiary/aromatic N) is 1. The number of aryl methyl sites for hydroxylation is 1. The predicted octanol–water partition coefficient (Wildman–Crippen LogP) is 4.53. The van der Waals surface area contributed by atoms with Crippen LogP contribution in [0, 0.1) is 12.7 Å². The Balaban J connectivity index is 2.70. The van der Waals surface area contributed by atoms with Gasteiger partial charge in [-0.25, -0.2) is 4.39 Å². The molecule has 2 nitrogen and oxygen atoms in total. The first kappa shape index (κ1) is 15.1. The Bertz CT molecular complexity index is 672. The smallest absolute Gasteiger partial charge is 0.142 e. The Morgan fingerprint density at radius 2 is 1.86 bits per heavy atom. The highest BCUT2D eigenvalue weighted by molar-refractivity contribution is 5.82. The van der Waals surface area contributed by atoms with E-state index in [-0.39, 0.29) is 11.7 Å². The molecule has 1 aromatic heterocycles. The lowest BCUT2D eigenvalue weighted by atomic mass is 9.93. The molecule has 0 unspecified atom stereocenters. The van der Waals surface area contributed by atoms with Crippen molar-refractivity contribution in [3.05, 3.63) is 59.2 Å². The third-order valence-corrected chi connectivity index (χ3v) is 3.26. The van der Waals surface area contributed by atoms with Gasteiger partial charge in [-0.05, 0) is 54.3 Å². The molecule has 3 heteroatoms. The van der Waals surface area contributed by atoms with Crippen LogP contribution in [0.1, 0.15) is 36.7 Å². The van der Waals surface area contributed by atoms with Gasteiger partial charge in [0.05, 0.1) is 5.69 Å². The van der Waals surface area contributed by atoms with Gasteiger partial charge in [-0.1, -0.05) is 26.0 Å². The molecule has 0 aliphatic carbocycles. The Kier molecular flexibility index (Phi) is 4.63. The lowest BCUT2D eigenvalue weighted by Crippen LogP contribution is -2.01. The minimum absolute atomic E-state index is 0.232. The van der Waals surface area contributed by atoms with E-state index in [0.29, 0.717) is 0 Å². The monoisotopic (exact) mass is 283 g/mol. The van der Waals surface area contributed by atoms with E-state index in [0.717, 1.165) is 34.4 Å². The Morgan fingerprint density at radius 3 is 2.43 bits per heavy atom. The molecule has 0 radical (unpaired) electrons. The quantitative estimate of drug-likeness (QED) is 0.609. The second-order valence-electron chi connectivity index (χ2n) is 5.27. The fourth-order valence-corrected chi connectivity index (χ4v) is 2.33. The van der Waals surface area contributed by atoms with Crippen molar-refractivity contribution < 1.29 is 9.18 Å². The summed E-state index contributed by atoms with van der Waals surface area (Å²) in [6.45, 7) is 6.06. The number of allylic oxidation sites excluding steroid dienone is 1. The fraction of sp³-hybridized carbons (Fsp3) is 0.222. The highest BCUT2D eigenvalue weighted by Gasteiger charge is 2.13. The van der Waals surface area contributed by atoms with Gasteiger partial charge in [-0.2, -0.15) is 0 Å². The third kappa shape index (κ3) is 3.43. The van der Waals surface area contributed by atoms with Gasteiger partial charge in [0.15, 0.2) is 0 Å². The molecule has 1 heterocycles. The Hall–Kier alpha value is -2.29. The van der Waals surface area contributed by atoms with Crippen LogP contribution in [0.5, 0.6) is 0 Å². The minimum atomic E-state index is -0.265. The van der Waals surface area contributed by atoms with Crippen LogP contribution < -0.4 is 0 Å². The minimum Gasteiger partial charge on any atom is -0.299 e. The summed E-state index contributed by atoms with van der Waals surface area (Å²) in [6.07, 6.45) is 3.98. The van der Waals surface area contributed by atoms with Crippen LogP contribution in [0.3, 0.4) is 0 Å². The fourth-order valence-electron chi connectivity index (χ4n) is 2.33. The summed E-state index contributed by atoms with van der Waals surface area (Å²) in [7, 11) is 0. The lowest BCUT2D eigenvalue weighted by molar-refractivity contribution is -0.104. The Morgan fingerprint density at radius 1 is 1.19 bits per heavy atom. The second kappa shape index (κ2) is 6.44. The molecule has 1 aromatic carbocycles. The van der Waals surface area contributed by atoms with Crippen LogP contribution >= 0.6 is 0 Å². The number of halogens is 1. The van der Waals surface area contributed by atoms with Gasteiger partial charge >= 0.3 is 0 Å². The number of hydrogen-bond donors (Lipinski definition) is 0. The summed E-state index contributed by atoms with van der Waals surface area (Å²) < 4.78 is 13.1. The van der Waals surface area contributed by atoms with Gasteiger partial charge in [0.2, 0.25) is 0 Å². The normalized spacial score (nSPS) is 11.3. The molecule has 0 saturated carbocycles. The zero-order valence-corrected chi connectivity index (χ0v) is 12.4. The lowest BCUT2D eigenvalue weighted by Gasteiger charge is -2.15. The third-order valence-electron chi connectivity index (χ3n) is 3.26. The molecule has 21 heavy (non-hydrogen) atoms. The second-order valence-corrected chi connectivity index (χ2v) is 5.27. The number of rotatable bonds is 4. The van der Waals surface area contributed by atoms with Crippen LogP contribution in [-0.2, 0) is 4.79 Å². The van der Waals surface area contributed by atoms with Crippen molar-refractivity contribution >= 4 is 12.4 Å². The number of hydrogen-bond acceptors (Lipinski definition) is 2. The zero-order chi connectivity index (χ0) is 15.4. The van der Waals surface area contributed by atoms with E-state index < -0.39 is 0 Å². The van der Waals surface area contributed by atoms with Crippen LogP contribution in [0.4, 0.5) is 4.39 Å². The van der Waals surface area contributed by atoms with Crippen LogP contribution in [-0.4, -0.2) is 11.3 Å². The molecule has 2 rings (SSSR count). The molecule has 0 bridgehead atoms. The van der Waals surface area contributed by atoms with Crippen molar-refractivity contribution in [3.8, 4) is 11.1 Å². The van der Waals surface area contributed by atoms with E-state index in [1.807, 2.05) is 13.0 Å². The van der Waals surface area contributed by atoms with Gasteiger partial charge in [0.1, 0.15) is 12.1 Å². The molecule has 0 N–H and O–H groups in total. The number of benzene rings is 1. The summed E-state index contributed by atoms with van der Waals surface area (Å²) in [5, 5.41) is 0. The van der Waals surface area contributed by atoms with E-state index in [1.54, 1.807) is 18.2 Å². The number of aromatic nitrogens is 1. The predicted molar refractivity (Wildman–Crippen MR) is 83.6 cm³/mol. The van der Waals surface area contributed by atoms with E-state index in [2.05, 4.69) is 18.8 Å². The van der Waals surface area contributed by atoms with Gasteiger partial charge in [-0.15, -0.1) is 0 Å². The van der Waals surface area contributed by atoms with Gasteiger partial charge in [-0.3, -0.25) is 9.78 Å². The van der Waals surface area contributed by atoms with Gasteiger partial charge < -0.3 is 0 Å². The standard InChI is InChI=1S/C18H18FNO/c1-12(2)18-16(5-4-10-21)17(11-13(3)20-18)14-6-8-15(19)9-7-14/h4-12H,1-3H3/b5-4+. The van der Waals surface area contributed by atoms with Crippen molar-refractivity contribution in [2.24, 2.45) is 0 Å². The molecule has 0 spiro atoms. The summed E-state index contributed by atoms with van der Waals surface area (Å²) >= 11 is 0. The van der Waals surface area contributed by atoms with Crippen LogP contribution in [0.25, 0.3) is 17.2 Å². The summed E-state index contributed by atoms with van der Waals surface area (Å²) in [4.78, 5) is 15.2. The van der Waals surface area contributed by atoms with Crippen LogP contribution in [0.15, 0.2) is 36.4 Å². The van der Waals surface area contributed by atoms with Crippen molar-refractivity contribution in [1.29, 1.82) is 0 Å². The molecular formula is C18H18FNO. The molecule has 2 aromatic rings. The number of pyridine rings is 1. The molecule has 0 saturated heterocycles. The average Bonchev–Trinajstić information content (AvgIpc) is 2.46. The SMILES string of the molecule is Cc1cc(-c2ccc(F)cc2)c(/C=C/C=O)c(C(C)C)n1. The highest BCUT2D eigenvalue weighted by Crippen LogP contribution is 2.31. The van der Waals surface area contributed by atoms with Crippen molar-refractivity contribution in [3.63, 3.8) is 0 Å². The topological polar surface area (TPSA) is 30.0 Å². The first-order valence-electron chi connectivity index (χ1n) is 6.92. The van der Waals surface area contributed by atoms with E-state index in [9.17, 15) is 9.18 Å². The number of carbonyl (C=O) groups excluding carboxylic acids is 1. The van der Waals surface area contributed by atoms with Gasteiger partial charge in [0, 0.05) is 11.3 Å². The van der Waals surface area contributed by atoms with Gasteiger partial charge in [0.25, 0.3) is 0 Å². The number of carbonyl (C=O) groups is 1. The largest absolute Gasteiger partial charge is 0.299 e. The molecule has 0 atom stereocenters. The average molecular weight is 283 g/mol. The highest BCUT2D eigenvalue weighted by atomic mass is 19.1. The van der Waals surface area contributed by atoms with E-state index in [1.165, 1.54) is 18.2 Å². The molecule has 0 fully saturated rings. The van der Waals surface area contributed by atoms with E-state index >= 15 is 0 Å². The Labute approximate surface area is 124 Å². The maximum atomic E-state index is 13.1. The van der Waals surface area contributed by atoms with E-state index in [4.69, 9.17) is 0 Å². The summed E-state index contributed by atoms with van der Waals surface area (Å²) in [6, 6.07) is 8.32. The maximum absolute atomic E-state index is 13.1. The summed E-state index contributed by atoms with van der Waals surface area (Å²) in [5.74, 6) is -0.0333. The molecular weight excluding hydrogens is 265 g/mol. The molecule has 0 amide bonds. The summed E-state index contributed by atoms with van der Waals surface area (Å²) in [5.41, 5.74) is 4.63. The van der Waals surface area contributed by atoms with Crippen LogP contribution in [0.2, 0.25) is 0 Å².